The van der Waals surface area contributed by atoms with Crippen LogP contribution in [0.4, 0.5) is 11.4 Å². The SMILES string of the molecule is CNc1cc(-c2cccc(N(N)C(=O)COCC3=CCCC=C3)c2)cc2cc[nH]c12. The predicted molar refractivity (Wildman–Crippen MR) is 122 cm³/mol. The normalized spacial score (nSPS) is 13.3. The quantitative estimate of drug-likeness (QED) is 0.311. The van der Waals surface area contributed by atoms with Crippen LogP contribution in [0.15, 0.2) is 72.5 Å². The number of nitrogens with two attached hydrogens (primary N) is 1. The zero-order chi connectivity index (χ0) is 20.9. The molecule has 0 fully saturated rings. The highest BCUT2D eigenvalue weighted by Crippen LogP contribution is 2.31. The number of aromatic amines is 1. The van der Waals surface area contributed by atoms with Gasteiger partial charge in [-0.05, 0) is 59.9 Å². The summed E-state index contributed by atoms with van der Waals surface area (Å²) in [4.78, 5) is 15.7. The number of hydrogen-bond donors (Lipinski definition) is 3. The minimum absolute atomic E-state index is 0.0644. The summed E-state index contributed by atoms with van der Waals surface area (Å²) in [6.45, 7) is 0.352. The maximum Gasteiger partial charge on any atom is 0.267 e. The number of rotatable bonds is 7. The van der Waals surface area contributed by atoms with Crippen molar-refractivity contribution in [3.8, 4) is 11.1 Å². The molecule has 0 unspecified atom stereocenters. The summed E-state index contributed by atoms with van der Waals surface area (Å²) in [6, 6.07) is 13.9. The van der Waals surface area contributed by atoms with Crippen molar-refractivity contribution in [2.45, 2.75) is 12.8 Å². The Morgan fingerprint density at radius 1 is 1.20 bits per heavy atom. The van der Waals surface area contributed by atoms with Crippen LogP contribution < -0.4 is 16.2 Å². The predicted octanol–water partition coefficient (Wildman–Crippen LogP) is 4.38. The fourth-order valence-electron chi connectivity index (χ4n) is 3.62. The molecule has 0 saturated heterocycles. The number of hydrazine groups is 1. The van der Waals surface area contributed by atoms with Crippen LogP contribution in [0.25, 0.3) is 22.0 Å². The van der Waals surface area contributed by atoms with E-state index in [9.17, 15) is 4.79 Å². The maximum absolute atomic E-state index is 12.5. The molecule has 0 atom stereocenters. The second-order valence-electron chi connectivity index (χ2n) is 7.28. The van der Waals surface area contributed by atoms with Crippen molar-refractivity contribution < 1.29 is 9.53 Å². The third-order valence-electron chi connectivity index (χ3n) is 5.22. The molecule has 3 aromatic rings. The Kier molecular flexibility index (Phi) is 5.97. The second-order valence-corrected chi connectivity index (χ2v) is 7.28. The lowest BCUT2D eigenvalue weighted by Gasteiger charge is -2.18. The molecule has 6 heteroatoms. The summed E-state index contributed by atoms with van der Waals surface area (Å²) < 4.78 is 5.56. The van der Waals surface area contributed by atoms with Gasteiger partial charge in [0.15, 0.2) is 0 Å². The van der Waals surface area contributed by atoms with Gasteiger partial charge in [0.2, 0.25) is 0 Å². The van der Waals surface area contributed by atoms with Gasteiger partial charge >= 0.3 is 0 Å². The minimum atomic E-state index is -0.287. The zero-order valence-electron chi connectivity index (χ0n) is 17.0. The molecule has 0 saturated carbocycles. The number of aromatic nitrogens is 1. The summed E-state index contributed by atoms with van der Waals surface area (Å²) in [5.41, 5.74) is 5.82. The number of allylic oxidation sites excluding steroid dienone is 2. The number of amides is 1. The Balaban J connectivity index is 1.48. The molecular formula is C24H26N4O2. The largest absolute Gasteiger partial charge is 0.386 e. The van der Waals surface area contributed by atoms with Crippen LogP contribution in [0.2, 0.25) is 0 Å². The molecule has 6 nitrogen and oxygen atoms in total. The molecule has 154 valence electrons. The molecule has 0 bridgehead atoms. The van der Waals surface area contributed by atoms with E-state index in [1.165, 1.54) is 0 Å². The highest BCUT2D eigenvalue weighted by atomic mass is 16.5. The van der Waals surface area contributed by atoms with E-state index in [1.54, 1.807) is 0 Å². The first-order valence-corrected chi connectivity index (χ1v) is 10.1. The Bertz CT molecular complexity index is 1110. The molecule has 1 aromatic heterocycles. The molecule has 2 aromatic carbocycles. The van der Waals surface area contributed by atoms with E-state index < -0.39 is 0 Å². The van der Waals surface area contributed by atoms with Gasteiger partial charge in [0.1, 0.15) is 6.61 Å². The van der Waals surface area contributed by atoms with E-state index in [1.807, 2.05) is 49.7 Å². The number of carbonyl (C=O) groups excluding carboxylic acids is 1. The number of hydrogen-bond acceptors (Lipinski definition) is 4. The van der Waals surface area contributed by atoms with Gasteiger partial charge < -0.3 is 15.0 Å². The summed E-state index contributed by atoms with van der Waals surface area (Å²) >= 11 is 0. The highest BCUT2D eigenvalue weighted by molar-refractivity contribution is 5.97. The standard InChI is InChI=1S/C24H26N4O2/c1-26-22-14-20(12-19-10-11-27-24(19)22)18-8-5-9-21(13-18)28(25)23(29)16-30-15-17-6-3-2-4-7-17/h3,5-14,26-27H,2,4,15-16,25H2,1H3. The third kappa shape index (κ3) is 4.30. The Morgan fingerprint density at radius 2 is 2.10 bits per heavy atom. The lowest BCUT2D eigenvalue weighted by molar-refractivity contribution is -0.122. The number of nitrogens with zero attached hydrogens (tertiary/aromatic N) is 1. The van der Waals surface area contributed by atoms with E-state index in [-0.39, 0.29) is 12.5 Å². The smallest absolute Gasteiger partial charge is 0.267 e. The number of benzene rings is 2. The van der Waals surface area contributed by atoms with Crippen molar-refractivity contribution in [1.29, 1.82) is 0 Å². The summed E-state index contributed by atoms with van der Waals surface area (Å²) in [7, 11) is 1.90. The molecule has 4 rings (SSSR count). The average molecular weight is 402 g/mol. The van der Waals surface area contributed by atoms with Crippen LogP contribution >= 0.6 is 0 Å². The summed E-state index contributed by atoms with van der Waals surface area (Å²) in [6.07, 6.45) is 10.3. The van der Waals surface area contributed by atoms with Crippen LogP contribution in [0.3, 0.4) is 0 Å². The van der Waals surface area contributed by atoms with Gasteiger partial charge in [-0.3, -0.25) is 4.79 Å². The van der Waals surface area contributed by atoms with Crippen molar-refractivity contribution in [1.82, 2.24) is 4.98 Å². The van der Waals surface area contributed by atoms with Crippen molar-refractivity contribution in [2.75, 3.05) is 30.6 Å². The Hall–Kier alpha value is -3.35. The average Bonchev–Trinajstić information content (AvgIpc) is 3.27. The molecule has 4 N–H and O–H groups in total. The van der Waals surface area contributed by atoms with Crippen LogP contribution in [0.1, 0.15) is 12.8 Å². The van der Waals surface area contributed by atoms with E-state index in [0.717, 1.165) is 51.1 Å². The number of nitrogens with one attached hydrogen (secondary N) is 2. The Morgan fingerprint density at radius 3 is 2.90 bits per heavy atom. The molecular weight excluding hydrogens is 376 g/mol. The minimum Gasteiger partial charge on any atom is -0.386 e. The fraction of sp³-hybridized carbons (Fsp3) is 0.208. The van der Waals surface area contributed by atoms with Crippen LogP contribution in [0.5, 0.6) is 0 Å². The number of fused-ring (bicyclic) bond motifs is 1. The van der Waals surface area contributed by atoms with Gasteiger partial charge in [0.05, 0.1) is 23.5 Å². The fourth-order valence-corrected chi connectivity index (χ4v) is 3.62. The lowest BCUT2D eigenvalue weighted by atomic mass is 10.0. The van der Waals surface area contributed by atoms with Gasteiger partial charge in [0, 0.05) is 18.6 Å². The molecule has 1 heterocycles. The molecule has 0 aliphatic heterocycles. The maximum atomic E-state index is 12.5. The molecule has 1 aliphatic carbocycles. The van der Waals surface area contributed by atoms with E-state index in [2.05, 4.69) is 34.6 Å². The Labute approximate surface area is 176 Å². The topological polar surface area (TPSA) is 83.4 Å². The third-order valence-corrected chi connectivity index (χ3v) is 5.22. The second kappa shape index (κ2) is 8.98. The number of H-pyrrole nitrogens is 1. The zero-order valence-corrected chi connectivity index (χ0v) is 17.0. The van der Waals surface area contributed by atoms with Crippen LogP contribution in [0, 0.1) is 0 Å². The first kappa shape index (κ1) is 19.9. The molecule has 1 amide bonds. The van der Waals surface area contributed by atoms with Crippen molar-refractivity contribution in [2.24, 2.45) is 5.84 Å². The van der Waals surface area contributed by atoms with Crippen LogP contribution in [-0.4, -0.2) is 31.2 Å². The van der Waals surface area contributed by atoms with E-state index >= 15 is 0 Å². The van der Waals surface area contributed by atoms with Gasteiger partial charge in [-0.2, -0.15) is 0 Å². The van der Waals surface area contributed by atoms with Crippen molar-refractivity contribution in [3.63, 3.8) is 0 Å². The lowest BCUT2D eigenvalue weighted by Crippen LogP contribution is -2.40. The highest BCUT2D eigenvalue weighted by Gasteiger charge is 2.14. The summed E-state index contributed by atoms with van der Waals surface area (Å²) in [5.74, 6) is 5.81. The van der Waals surface area contributed by atoms with Gasteiger partial charge in [0.25, 0.3) is 5.91 Å². The molecule has 1 aliphatic rings. The number of ether oxygens (including phenoxy) is 1. The first-order valence-electron chi connectivity index (χ1n) is 10.1. The van der Waals surface area contributed by atoms with Crippen molar-refractivity contribution >= 4 is 28.2 Å². The summed E-state index contributed by atoms with van der Waals surface area (Å²) in [5, 5.41) is 5.49. The van der Waals surface area contributed by atoms with E-state index in [0.29, 0.717) is 12.3 Å². The van der Waals surface area contributed by atoms with Gasteiger partial charge in [-0.15, -0.1) is 0 Å². The number of anilines is 2. The van der Waals surface area contributed by atoms with Crippen LogP contribution in [-0.2, 0) is 9.53 Å². The van der Waals surface area contributed by atoms with Gasteiger partial charge in [-0.1, -0.05) is 30.4 Å². The molecule has 0 radical (unpaired) electrons. The molecule has 30 heavy (non-hydrogen) atoms. The molecule has 0 spiro atoms. The number of carbonyl (C=O) groups is 1. The first-order chi connectivity index (χ1) is 14.7. The monoisotopic (exact) mass is 402 g/mol. The van der Waals surface area contributed by atoms with Gasteiger partial charge in [-0.25, -0.2) is 10.9 Å². The van der Waals surface area contributed by atoms with E-state index in [4.69, 9.17) is 10.6 Å². The van der Waals surface area contributed by atoms with Crippen molar-refractivity contribution in [3.05, 3.63) is 72.5 Å².